The Balaban J connectivity index is 2.11. The Hall–Kier alpha value is -1.97. The van der Waals surface area contributed by atoms with E-state index in [4.69, 9.17) is 5.73 Å². The third kappa shape index (κ3) is 2.10. The number of para-hydroxylation sites is 1. The van der Waals surface area contributed by atoms with Crippen LogP contribution in [0.5, 0.6) is 0 Å². The molecule has 4 nitrogen and oxygen atoms in total. The molecule has 0 aliphatic carbocycles. The van der Waals surface area contributed by atoms with E-state index in [0.717, 1.165) is 29.0 Å². The maximum atomic E-state index is 5.87. The Kier molecular flexibility index (Phi) is 2.58. The summed E-state index contributed by atoms with van der Waals surface area (Å²) in [6.45, 7) is 2.76. The van der Waals surface area contributed by atoms with Gasteiger partial charge in [0.05, 0.1) is 17.6 Å². The highest BCUT2D eigenvalue weighted by atomic mass is 15.1. The third-order valence-corrected chi connectivity index (χ3v) is 2.33. The first-order valence-corrected chi connectivity index (χ1v) is 4.84. The fourth-order valence-corrected chi connectivity index (χ4v) is 1.50. The molecule has 0 spiro atoms. The van der Waals surface area contributed by atoms with Crippen LogP contribution in [0.4, 0.5) is 11.4 Å². The van der Waals surface area contributed by atoms with Gasteiger partial charge in [0.25, 0.3) is 0 Å². The lowest BCUT2D eigenvalue weighted by Gasteiger charge is -2.10. The van der Waals surface area contributed by atoms with Gasteiger partial charge in [-0.2, -0.15) is 5.10 Å². The fraction of sp³-hybridized carbons (Fsp3) is 0.182. The summed E-state index contributed by atoms with van der Waals surface area (Å²) in [6.07, 6.45) is 3.66. The number of aryl methyl sites for hydroxylation is 1. The summed E-state index contributed by atoms with van der Waals surface area (Å²) in [7, 11) is 0. The average Bonchev–Trinajstić information content (AvgIpc) is 2.70. The van der Waals surface area contributed by atoms with Crippen LogP contribution < -0.4 is 11.1 Å². The second-order valence-corrected chi connectivity index (χ2v) is 3.50. The molecule has 0 unspecified atom stereocenters. The summed E-state index contributed by atoms with van der Waals surface area (Å²) in [5.41, 5.74) is 9.91. The predicted molar refractivity (Wildman–Crippen MR) is 61.5 cm³/mol. The van der Waals surface area contributed by atoms with Crippen LogP contribution in [0.3, 0.4) is 0 Å². The van der Waals surface area contributed by atoms with Crippen molar-refractivity contribution < 1.29 is 0 Å². The van der Waals surface area contributed by atoms with Crippen LogP contribution in [-0.4, -0.2) is 10.2 Å². The Labute approximate surface area is 88.5 Å². The number of nitrogens with one attached hydrogen (secondary N) is 2. The number of hydrogen-bond acceptors (Lipinski definition) is 3. The molecule has 2 rings (SSSR count). The highest BCUT2D eigenvalue weighted by Gasteiger charge is 2.02. The molecule has 0 aliphatic heterocycles. The van der Waals surface area contributed by atoms with Gasteiger partial charge in [0.15, 0.2) is 0 Å². The van der Waals surface area contributed by atoms with Crippen LogP contribution in [0.1, 0.15) is 11.1 Å². The largest absolute Gasteiger partial charge is 0.397 e. The number of nitrogen functional groups attached to an aromatic ring is 1. The van der Waals surface area contributed by atoms with E-state index in [9.17, 15) is 0 Å². The predicted octanol–water partition coefficient (Wildman–Crippen LogP) is 1.91. The molecule has 1 heterocycles. The molecular weight excluding hydrogens is 188 g/mol. The van der Waals surface area contributed by atoms with Crippen LogP contribution in [0, 0.1) is 6.92 Å². The van der Waals surface area contributed by atoms with E-state index in [0.29, 0.717) is 0 Å². The van der Waals surface area contributed by atoms with Gasteiger partial charge in [-0.1, -0.05) is 12.1 Å². The average molecular weight is 202 g/mol. The van der Waals surface area contributed by atoms with Crippen molar-refractivity contribution in [1.82, 2.24) is 10.2 Å². The number of hydrogen-bond donors (Lipinski definition) is 3. The van der Waals surface area contributed by atoms with E-state index in [1.54, 1.807) is 6.20 Å². The van der Waals surface area contributed by atoms with Crippen LogP contribution in [-0.2, 0) is 6.54 Å². The van der Waals surface area contributed by atoms with Gasteiger partial charge in [0, 0.05) is 18.3 Å². The van der Waals surface area contributed by atoms with Gasteiger partial charge in [-0.3, -0.25) is 5.10 Å². The lowest BCUT2D eigenvalue weighted by atomic mass is 10.1. The maximum absolute atomic E-state index is 5.87. The Morgan fingerprint density at radius 2 is 2.33 bits per heavy atom. The van der Waals surface area contributed by atoms with Crippen LogP contribution in [0.15, 0.2) is 30.6 Å². The minimum atomic E-state index is 0.728. The molecule has 4 N–H and O–H groups in total. The SMILES string of the molecule is Cc1cccc(N)c1NCc1cn[nH]c1. The molecule has 2 aromatic rings. The minimum absolute atomic E-state index is 0.728. The number of rotatable bonds is 3. The Bertz CT molecular complexity index is 414. The number of nitrogens with two attached hydrogens (primary N) is 1. The molecule has 0 radical (unpaired) electrons. The van der Waals surface area contributed by atoms with Crippen molar-refractivity contribution in [2.24, 2.45) is 0 Å². The summed E-state index contributed by atoms with van der Waals surface area (Å²) in [6, 6.07) is 5.88. The van der Waals surface area contributed by atoms with Gasteiger partial charge in [-0.25, -0.2) is 0 Å². The molecule has 0 bridgehead atoms. The number of aromatic amines is 1. The van der Waals surface area contributed by atoms with Crippen molar-refractivity contribution in [2.75, 3.05) is 11.1 Å². The van der Waals surface area contributed by atoms with Gasteiger partial charge < -0.3 is 11.1 Å². The van der Waals surface area contributed by atoms with Crippen LogP contribution >= 0.6 is 0 Å². The monoisotopic (exact) mass is 202 g/mol. The van der Waals surface area contributed by atoms with E-state index >= 15 is 0 Å². The summed E-state index contributed by atoms with van der Waals surface area (Å²) >= 11 is 0. The third-order valence-electron chi connectivity index (χ3n) is 2.33. The van der Waals surface area contributed by atoms with Crippen molar-refractivity contribution in [1.29, 1.82) is 0 Å². The second kappa shape index (κ2) is 4.04. The summed E-state index contributed by atoms with van der Waals surface area (Å²) in [5.74, 6) is 0. The Morgan fingerprint density at radius 1 is 1.47 bits per heavy atom. The van der Waals surface area contributed by atoms with E-state index in [1.165, 1.54) is 0 Å². The van der Waals surface area contributed by atoms with Gasteiger partial charge in [0.2, 0.25) is 0 Å². The molecule has 0 atom stereocenters. The number of anilines is 2. The quantitative estimate of drug-likeness (QED) is 0.666. The minimum Gasteiger partial charge on any atom is -0.397 e. The Morgan fingerprint density at radius 3 is 3.00 bits per heavy atom. The van der Waals surface area contributed by atoms with Crippen molar-refractivity contribution in [3.63, 3.8) is 0 Å². The lowest BCUT2D eigenvalue weighted by molar-refractivity contribution is 1.09. The van der Waals surface area contributed by atoms with Crippen molar-refractivity contribution in [3.05, 3.63) is 41.7 Å². The normalized spacial score (nSPS) is 10.2. The van der Waals surface area contributed by atoms with E-state index in [1.807, 2.05) is 31.3 Å². The molecular formula is C11H14N4. The number of nitrogens with zero attached hydrogens (tertiary/aromatic N) is 1. The first kappa shape index (κ1) is 9.58. The van der Waals surface area contributed by atoms with Crippen molar-refractivity contribution >= 4 is 11.4 Å². The van der Waals surface area contributed by atoms with Crippen LogP contribution in [0.25, 0.3) is 0 Å². The molecule has 78 valence electrons. The van der Waals surface area contributed by atoms with Gasteiger partial charge in [0.1, 0.15) is 0 Å². The summed E-state index contributed by atoms with van der Waals surface area (Å²) in [4.78, 5) is 0. The molecule has 0 saturated heterocycles. The van der Waals surface area contributed by atoms with Crippen LogP contribution in [0.2, 0.25) is 0 Å². The smallest absolute Gasteiger partial charge is 0.0606 e. The highest BCUT2D eigenvalue weighted by Crippen LogP contribution is 2.22. The van der Waals surface area contributed by atoms with E-state index in [2.05, 4.69) is 15.5 Å². The van der Waals surface area contributed by atoms with Gasteiger partial charge in [-0.05, 0) is 18.6 Å². The molecule has 0 saturated carbocycles. The molecule has 1 aromatic heterocycles. The molecule has 4 heteroatoms. The standard InChI is InChI=1S/C11H14N4/c1-8-3-2-4-10(12)11(8)13-5-9-6-14-15-7-9/h2-4,6-7,13H,5,12H2,1H3,(H,14,15). The van der Waals surface area contributed by atoms with E-state index < -0.39 is 0 Å². The molecule has 0 aliphatic rings. The summed E-state index contributed by atoms with van der Waals surface area (Å²) in [5, 5.41) is 9.96. The first-order chi connectivity index (χ1) is 7.27. The molecule has 15 heavy (non-hydrogen) atoms. The second-order valence-electron chi connectivity index (χ2n) is 3.50. The topological polar surface area (TPSA) is 66.7 Å². The van der Waals surface area contributed by atoms with Crippen molar-refractivity contribution in [2.45, 2.75) is 13.5 Å². The van der Waals surface area contributed by atoms with Gasteiger partial charge >= 0.3 is 0 Å². The molecule has 1 aromatic carbocycles. The highest BCUT2D eigenvalue weighted by molar-refractivity contribution is 5.69. The number of aromatic nitrogens is 2. The zero-order chi connectivity index (χ0) is 10.7. The lowest BCUT2D eigenvalue weighted by Crippen LogP contribution is -2.03. The van der Waals surface area contributed by atoms with Crippen molar-refractivity contribution in [3.8, 4) is 0 Å². The summed E-state index contributed by atoms with van der Waals surface area (Å²) < 4.78 is 0. The zero-order valence-corrected chi connectivity index (χ0v) is 8.62. The maximum Gasteiger partial charge on any atom is 0.0606 e. The number of H-pyrrole nitrogens is 1. The fourth-order valence-electron chi connectivity index (χ4n) is 1.50. The molecule has 0 fully saturated rings. The molecule has 0 amide bonds. The zero-order valence-electron chi connectivity index (χ0n) is 8.62. The van der Waals surface area contributed by atoms with E-state index in [-0.39, 0.29) is 0 Å². The number of benzene rings is 1. The van der Waals surface area contributed by atoms with Gasteiger partial charge in [-0.15, -0.1) is 0 Å². The first-order valence-electron chi connectivity index (χ1n) is 4.84.